The second-order valence-electron chi connectivity index (χ2n) is 4.61. The normalized spacial score (nSPS) is 10.3. The summed E-state index contributed by atoms with van der Waals surface area (Å²) in [5.41, 5.74) is 2.51. The minimum atomic E-state index is -0.937. The van der Waals surface area contributed by atoms with Crippen molar-refractivity contribution in [3.8, 4) is 0 Å². The van der Waals surface area contributed by atoms with E-state index in [0.717, 1.165) is 11.1 Å². The number of carboxylic acid groups (broad SMARTS) is 2. The molecule has 3 N–H and O–H groups in total. The Hall–Kier alpha value is -2.66. The maximum absolute atomic E-state index is 10.7. The molecule has 5 heteroatoms. The van der Waals surface area contributed by atoms with Gasteiger partial charge >= 0.3 is 11.9 Å². The molecule has 0 saturated heterocycles. The van der Waals surface area contributed by atoms with Gasteiger partial charge in [0.1, 0.15) is 0 Å². The zero-order valence-corrected chi connectivity index (χ0v) is 11.2. The molecular weight excluding hydrogens is 270 g/mol. The number of hydrogen-bond acceptors (Lipinski definition) is 3. The van der Waals surface area contributed by atoms with Gasteiger partial charge in [0.05, 0.1) is 11.1 Å². The van der Waals surface area contributed by atoms with E-state index in [1.54, 1.807) is 48.5 Å². The second-order valence-corrected chi connectivity index (χ2v) is 4.61. The molecule has 108 valence electrons. The average Bonchev–Trinajstić information content (AvgIpc) is 2.48. The Bertz CT molecular complexity index is 575. The summed E-state index contributed by atoms with van der Waals surface area (Å²) in [5, 5.41) is 20.8. The van der Waals surface area contributed by atoms with Gasteiger partial charge in [0.25, 0.3) is 0 Å². The number of carboxylic acids is 2. The van der Waals surface area contributed by atoms with Crippen LogP contribution in [0.5, 0.6) is 0 Å². The van der Waals surface area contributed by atoms with Crippen molar-refractivity contribution in [2.24, 2.45) is 0 Å². The second kappa shape index (κ2) is 6.67. The summed E-state index contributed by atoms with van der Waals surface area (Å²) in [7, 11) is 0. The first-order valence-corrected chi connectivity index (χ1v) is 6.41. The van der Waals surface area contributed by atoms with Crippen molar-refractivity contribution in [2.75, 3.05) is 0 Å². The van der Waals surface area contributed by atoms with Crippen LogP contribution in [0, 0.1) is 0 Å². The fourth-order valence-electron chi connectivity index (χ4n) is 1.88. The number of carbonyl (C=O) groups is 2. The number of nitrogens with one attached hydrogen (secondary N) is 1. The van der Waals surface area contributed by atoms with Gasteiger partial charge in [-0.1, -0.05) is 24.3 Å². The minimum Gasteiger partial charge on any atom is -0.478 e. The van der Waals surface area contributed by atoms with E-state index < -0.39 is 11.9 Å². The summed E-state index contributed by atoms with van der Waals surface area (Å²) in [4.78, 5) is 21.5. The highest BCUT2D eigenvalue weighted by Crippen LogP contribution is 2.06. The van der Waals surface area contributed by atoms with Crippen LogP contribution in [0.25, 0.3) is 0 Å². The summed E-state index contributed by atoms with van der Waals surface area (Å²) in [6, 6.07) is 13.4. The van der Waals surface area contributed by atoms with E-state index in [1.165, 1.54) is 0 Å². The number of benzene rings is 2. The molecule has 0 unspecified atom stereocenters. The highest BCUT2D eigenvalue weighted by molar-refractivity contribution is 5.87. The van der Waals surface area contributed by atoms with Gasteiger partial charge in [0.2, 0.25) is 0 Å². The SMILES string of the molecule is O=C(O)c1ccc(CNCc2ccc(C(=O)O)cc2)cc1. The van der Waals surface area contributed by atoms with Gasteiger partial charge in [-0.2, -0.15) is 0 Å². The third-order valence-electron chi connectivity index (χ3n) is 3.06. The Kier molecular flexibility index (Phi) is 4.68. The molecule has 2 rings (SSSR count). The number of aromatic carboxylic acids is 2. The Labute approximate surface area is 121 Å². The molecule has 0 radical (unpaired) electrons. The lowest BCUT2D eigenvalue weighted by atomic mass is 10.1. The lowest BCUT2D eigenvalue weighted by Gasteiger charge is -2.06. The van der Waals surface area contributed by atoms with Crippen molar-refractivity contribution in [1.29, 1.82) is 0 Å². The van der Waals surface area contributed by atoms with Crippen LogP contribution in [0.4, 0.5) is 0 Å². The molecule has 21 heavy (non-hydrogen) atoms. The maximum atomic E-state index is 10.7. The van der Waals surface area contributed by atoms with Crippen molar-refractivity contribution < 1.29 is 19.8 Å². The van der Waals surface area contributed by atoms with Crippen molar-refractivity contribution in [3.05, 3.63) is 70.8 Å². The maximum Gasteiger partial charge on any atom is 0.335 e. The molecule has 2 aromatic rings. The van der Waals surface area contributed by atoms with Crippen molar-refractivity contribution in [1.82, 2.24) is 5.32 Å². The Morgan fingerprint density at radius 3 is 1.33 bits per heavy atom. The predicted molar refractivity (Wildman–Crippen MR) is 77.3 cm³/mol. The van der Waals surface area contributed by atoms with Crippen LogP contribution in [0.2, 0.25) is 0 Å². The molecule has 0 spiro atoms. The standard InChI is InChI=1S/C16H15NO4/c18-15(19)13-5-1-11(2-6-13)9-17-10-12-3-7-14(8-4-12)16(20)21/h1-8,17H,9-10H2,(H,18,19)(H,20,21). The summed E-state index contributed by atoms with van der Waals surface area (Å²) in [6.07, 6.45) is 0. The zero-order valence-electron chi connectivity index (χ0n) is 11.2. The van der Waals surface area contributed by atoms with Gasteiger partial charge < -0.3 is 15.5 Å². The molecule has 0 fully saturated rings. The van der Waals surface area contributed by atoms with Crippen LogP contribution in [-0.2, 0) is 13.1 Å². The van der Waals surface area contributed by atoms with Gasteiger partial charge in [0.15, 0.2) is 0 Å². The summed E-state index contributed by atoms with van der Waals surface area (Å²) >= 11 is 0. The Morgan fingerprint density at radius 1 is 0.714 bits per heavy atom. The fourth-order valence-corrected chi connectivity index (χ4v) is 1.88. The molecular formula is C16H15NO4. The van der Waals surface area contributed by atoms with Gasteiger partial charge in [0, 0.05) is 13.1 Å². The van der Waals surface area contributed by atoms with Crippen LogP contribution in [0.15, 0.2) is 48.5 Å². The fraction of sp³-hybridized carbons (Fsp3) is 0.125. The molecule has 5 nitrogen and oxygen atoms in total. The molecule has 2 aromatic carbocycles. The van der Waals surface area contributed by atoms with Crippen molar-refractivity contribution >= 4 is 11.9 Å². The summed E-state index contributed by atoms with van der Waals surface area (Å²) in [5.74, 6) is -1.87. The van der Waals surface area contributed by atoms with Gasteiger partial charge in [-0.25, -0.2) is 9.59 Å². The largest absolute Gasteiger partial charge is 0.478 e. The number of rotatable bonds is 6. The monoisotopic (exact) mass is 285 g/mol. The quantitative estimate of drug-likeness (QED) is 0.758. The molecule has 0 amide bonds. The third kappa shape index (κ3) is 4.15. The van der Waals surface area contributed by atoms with Crippen LogP contribution in [0.3, 0.4) is 0 Å². The van der Waals surface area contributed by atoms with E-state index in [2.05, 4.69) is 5.32 Å². The molecule has 0 saturated carbocycles. The molecule has 0 heterocycles. The first-order valence-electron chi connectivity index (χ1n) is 6.41. The van der Waals surface area contributed by atoms with Crippen LogP contribution in [-0.4, -0.2) is 22.2 Å². The van der Waals surface area contributed by atoms with Gasteiger partial charge in [-0.15, -0.1) is 0 Å². The van der Waals surface area contributed by atoms with Gasteiger partial charge in [-0.3, -0.25) is 0 Å². The lowest BCUT2D eigenvalue weighted by molar-refractivity contribution is 0.0686. The van der Waals surface area contributed by atoms with Gasteiger partial charge in [-0.05, 0) is 35.4 Å². The van der Waals surface area contributed by atoms with Crippen LogP contribution < -0.4 is 5.32 Å². The van der Waals surface area contributed by atoms with E-state index in [0.29, 0.717) is 13.1 Å². The molecule has 0 aliphatic rings. The van der Waals surface area contributed by atoms with E-state index in [1.807, 2.05) is 0 Å². The molecule has 0 aliphatic carbocycles. The smallest absolute Gasteiger partial charge is 0.335 e. The first-order chi connectivity index (χ1) is 10.1. The highest BCUT2D eigenvalue weighted by Gasteiger charge is 2.03. The van der Waals surface area contributed by atoms with Crippen molar-refractivity contribution in [3.63, 3.8) is 0 Å². The van der Waals surface area contributed by atoms with Crippen LogP contribution in [0.1, 0.15) is 31.8 Å². The average molecular weight is 285 g/mol. The Morgan fingerprint density at radius 2 is 1.05 bits per heavy atom. The Balaban J connectivity index is 1.86. The van der Waals surface area contributed by atoms with E-state index in [4.69, 9.17) is 10.2 Å². The highest BCUT2D eigenvalue weighted by atomic mass is 16.4. The van der Waals surface area contributed by atoms with Crippen molar-refractivity contribution in [2.45, 2.75) is 13.1 Å². The summed E-state index contributed by atoms with van der Waals surface area (Å²) < 4.78 is 0. The van der Waals surface area contributed by atoms with Crippen LogP contribution >= 0.6 is 0 Å². The third-order valence-corrected chi connectivity index (χ3v) is 3.06. The van der Waals surface area contributed by atoms with E-state index in [9.17, 15) is 9.59 Å². The molecule has 0 aromatic heterocycles. The van der Waals surface area contributed by atoms with E-state index >= 15 is 0 Å². The molecule has 0 aliphatic heterocycles. The zero-order chi connectivity index (χ0) is 15.2. The molecule has 0 atom stereocenters. The lowest BCUT2D eigenvalue weighted by Crippen LogP contribution is -2.13. The minimum absolute atomic E-state index is 0.267. The predicted octanol–water partition coefficient (Wildman–Crippen LogP) is 2.37. The molecule has 0 bridgehead atoms. The number of hydrogen-bond donors (Lipinski definition) is 3. The first kappa shape index (κ1) is 14.7. The summed E-state index contributed by atoms with van der Waals surface area (Å²) in [6.45, 7) is 1.22. The van der Waals surface area contributed by atoms with E-state index in [-0.39, 0.29) is 11.1 Å². The topological polar surface area (TPSA) is 86.6 Å².